The Morgan fingerprint density at radius 2 is 2.00 bits per heavy atom. The fourth-order valence-corrected chi connectivity index (χ4v) is 6.78. The van der Waals surface area contributed by atoms with Crippen molar-refractivity contribution in [3.05, 3.63) is 35.4 Å². The number of hydrogen-bond acceptors (Lipinski definition) is 5. The maximum atomic E-state index is 13.4. The lowest BCUT2D eigenvalue weighted by molar-refractivity contribution is -0.300. The van der Waals surface area contributed by atoms with Crippen molar-refractivity contribution in [2.75, 3.05) is 0 Å². The van der Waals surface area contributed by atoms with Gasteiger partial charge in [-0.3, -0.25) is 9.69 Å². The molecule has 2 heterocycles. The van der Waals surface area contributed by atoms with Gasteiger partial charge in [0.25, 0.3) is 0 Å². The van der Waals surface area contributed by atoms with Gasteiger partial charge in [-0.1, -0.05) is 74.4 Å². The van der Waals surface area contributed by atoms with Crippen molar-refractivity contribution in [2.24, 2.45) is 0 Å². The molecule has 3 aliphatic rings. The van der Waals surface area contributed by atoms with E-state index in [0.717, 1.165) is 25.7 Å². The molecule has 0 unspecified atom stereocenters. The number of amides is 1. The van der Waals surface area contributed by atoms with Gasteiger partial charge in [0.15, 0.2) is 5.79 Å². The van der Waals surface area contributed by atoms with E-state index in [9.17, 15) is 4.79 Å². The van der Waals surface area contributed by atoms with E-state index in [1.807, 2.05) is 18.7 Å². The van der Waals surface area contributed by atoms with Crippen LogP contribution in [-0.4, -0.2) is 38.4 Å². The first-order valence-electron chi connectivity index (χ1n) is 10.8. The minimum atomic E-state index is -0.650. The summed E-state index contributed by atoms with van der Waals surface area (Å²) in [6.07, 6.45) is 6.75. The maximum absolute atomic E-state index is 13.4. The van der Waals surface area contributed by atoms with E-state index in [2.05, 4.69) is 31.2 Å². The van der Waals surface area contributed by atoms with E-state index in [1.54, 1.807) is 11.8 Å². The Kier molecular flexibility index (Phi) is 6.35. The summed E-state index contributed by atoms with van der Waals surface area (Å²) >= 11 is 7.29. The summed E-state index contributed by atoms with van der Waals surface area (Å²) in [7, 11) is 0. The topological polar surface area (TPSA) is 38.8 Å². The highest BCUT2D eigenvalue weighted by atomic mass is 32.2. The molecule has 4 atom stereocenters. The number of hydrogen-bond donors (Lipinski definition) is 0. The second-order valence-electron chi connectivity index (χ2n) is 8.85. The zero-order chi connectivity index (χ0) is 20.6. The molecule has 6 heteroatoms. The highest BCUT2D eigenvalue weighted by molar-refractivity contribution is 8.23. The Labute approximate surface area is 183 Å². The average molecular weight is 434 g/mol. The van der Waals surface area contributed by atoms with Gasteiger partial charge in [0.2, 0.25) is 5.91 Å². The third-order valence-electron chi connectivity index (χ3n) is 6.10. The number of carbonyl (C=O) groups is 1. The number of rotatable bonds is 6. The Morgan fingerprint density at radius 1 is 1.24 bits per heavy atom. The molecule has 0 N–H and O–H groups in total. The van der Waals surface area contributed by atoms with Gasteiger partial charge in [-0.2, -0.15) is 0 Å². The van der Waals surface area contributed by atoms with Crippen molar-refractivity contribution in [3.8, 4) is 0 Å². The fourth-order valence-electron chi connectivity index (χ4n) is 4.94. The van der Waals surface area contributed by atoms with Crippen LogP contribution < -0.4 is 0 Å². The van der Waals surface area contributed by atoms with Crippen LogP contribution >= 0.6 is 24.0 Å². The molecule has 158 valence electrons. The number of thiocarbonyl (C=S) groups is 1. The predicted octanol–water partition coefficient (Wildman–Crippen LogP) is 5.39. The average Bonchev–Trinajstić information content (AvgIpc) is 3.14. The highest BCUT2D eigenvalue weighted by Gasteiger charge is 2.48. The summed E-state index contributed by atoms with van der Waals surface area (Å²) in [6.45, 7) is 6.12. The molecule has 2 aliphatic heterocycles. The Bertz CT molecular complexity index is 781. The van der Waals surface area contributed by atoms with Crippen LogP contribution in [0.2, 0.25) is 0 Å². The molecule has 0 bridgehead atoms. The second kappa shape index (κ2) is 8.66. The summed E-state index contributed by atoms with van der Waals surface area (Å²) in [5.41, 5.74) is 2.60. The van der Waals surface area contributed by atoms with Gasteiger partial charge in [-0.25, -0.2) is 0 Å². The number of ether oxygens (including phenoxy) is 2. The Morgan fingerprint density at radius 3 is 2.79 bits per heavy atom. The first-order chi connectivity index (χ1) is 13.9. The lowest BCUT2D eigenvalue weighted by Crippen LogP contribution is -2.46. The van der Waals surface area contributed by atoms with Gasteiger partial charge in [-0.15, -0.1) is 0 Å². The maximum Gasteiger partial charge on any atom is 0.231 e. The highest BCUT2D eigenvalue weighted by Crippen LogP contribution is 2.49. The van der Waals surface area contributed by atoms with Crippen molar-refractivity contribution in [3.63, 3.8) is 0 Å². The molecule has 0 radical (unpaired) electrons. The second-order valence-corrected chi connectivity index (χ2v) is 10.7. The zero-order valence-electron chi connectivity index (χ0n) is 17.6. The first-order valence-corrected chi connectivity index (χ1v) is 12.1. The monoisotopic (exact) mass is 433 g/mol. The van der Waals surface area contributed by atoms with Crippen molar-refractivity contribution in [1.29, 1.82) is 0 Å². The number of thioether (sulfide) groups is 1. The minimum Gasteiger partial charge on any atom is -0.347 e. The van der Waals surface area contributed by atoms with Crippen molar-refractivity contribution in [1.82, 2.24) is 4.90 Å². The number of fused-ring (bicyclic) bond motifs is 3. The number of benzene rings is 1. The van der Waals surface area contributed by atoms with E-state index in [1.165, 1.54) is 24.0 Å². The summed E-state index contributed by atoms with van der Waals surface area (Å²) in [4.78, 5) is 15.2. The van der Waals surface area contributed by atoms with Crippen LogP contribution in [0.4, 0.5) is 0 Å². The lowest BCUT2D eigenvalue weighted by atomic mass is 9.99. The van der Waals surface area contributed by atoms with Crippen LogP contribution in [0.15, 0.2) is 24.3 Å². The molecule has 4 nitrogen and oxygen atoms in total. The predicted molar refractivity (Wildman–Crippen MR) is 121 cm³/mol. The molecule has 2 saturated heterocycles. The normalized spacial score (nSPS) is 30.3. The molecule has 1 aromatic carbocycles. The van der Waals surface area contributed by atoms with Crippen LogP contribution in [0.25, 0.3) is 0 Å². The summed E-state index contributed by atoms with van der Waals surface area (Å²) < 4.78 is 13.0. The van der Waals surface area contributed by atoms with Crippen LogP contribution in [-0.2, 0) is 20.7 Å². The molecule has 2 fully saturated rings. The van der Waals surface area contributed by atoms with Crippen LogP contribution in [0.3, 0.4) is 0 Å². The van der Waals surface area contributed by atoms with E-state index in [-0.39, 0.29) is 24.2 Å². The molecule has 0 aromatic heterocycles. The third-order valence-corrected chi connectivity index (χ3v) is 7.71. The van der Waals surface area contributed by atoms with Crippen LogP contribution in [0.5, 0.6) is 0 Å². The molecule has 4 rings (SSSR count). The van der Waals surface area contributed by atoms with E-state index in [4.69, 9.17) is 21.7 Å². The lowest BCUT2D eigenvalue weighted by Gasteiger charge is -2.41. The van der Waals surface area contributed by atoms with Gasteiger partial charge in [0.1, 0.15) is 4.32 Å². The van der Waals surface area contributed by atoms with Crippen LogP contribution in [0, 0.1) is 0 Å². The minimum absolute atomic E-state index is 0.0735. The molecule has 1 aromatic rings. The number of carbonyl (C=O) groups excluding carboxylic acids is 1. The smallest absolute Gasteiger partial charge is 0.231 e. The van der Waals surface area contributed by atoms with Gasteiger partial charge in [0, 0.05) is 11.7 Å². The zero-order valence-corrected chi connectivity index (χ0v) is 19.2. The first kappa shape index (κ1) is 21.3. The summed E-state index contributed by atoms with van der Waals surface area (Å²) in [5, 5.41) is 0.345. The van der Waals surface area contributed by atoms with E-state index in [0.29, 0.717) is 16.0 Å². The number of nitrogens with zero attached hydrogens (tertiary/aromatic N) is 1. The largest absolute Gasteiger partial charge is 0.347 e. The summed E-state index contributed by atoms with van der Waals surface area (Å²) in [5.74, 6) is -0.565. The molecule has 1 aliphatic carbocycles. The third kappa shape index (κ3) is 4.55. The molecular weight excluding hydrogens is 402 g/mol. The van der Waals surface area contributed by atoms with Crippen molar-refractivity contribution < 1.29 is 14.3 Å². The standard InChI is InChI=1S/C23H31NO3S2/c1-4-5-6-10-16-13-17(27-23(2,3)26-16)14-20(25)24-21-18-11-8-7-9-15(18)12-19(21)29-22(24)28/h7-9,11,16-17,19,21H,4-6,10,12-14H2,1-3H3/t16-,17+,19-,21+/m1/s1. The van der Waals surface area contributed by atoms with E-state index < -0.39 is 5.79 Å². The molecule has 0 spiro atoms. The SMILES string of the molecule is CCCCC[C@@H]1C[C@@H](CC(=O)N2C(=S)S[C@@H]3Cc4ccccc4[C@@H]32)OC(C)(C)O1. The molecular formula is C23H31NO3S2. The molecule has 0 saturated carbocycles. The summed E-state index contributed by atoms with van der Waals surface area (Å²) in [6, 6.07) is 8.52. The van der Waals surface area contributed by atoms with E-state index >= 15 is 0 Å². The Balaban J connectivity index is 1.45. The number of unbranched alkanes of at least 4 members (excludes halogenated alkanes) is 2. The van der Waals surface area contributed by atoms with Gasteiger partial charge >= 0.3 is 0 Å². The van der Waals surface area contributed by atoms with Crippen molar-refractivity contribution in [2.45, 2.75) is 95.0 Å². The van der Waals surface area contributed by atoms with Crippen LogP contribution in [0.1, 0.15) is 76.5 Å². The molecule has 29 heavy (non-hydrogen) atoms. The molecule has 1 amide bonds. The van der Waals surface area contributed by atoms with Gasteiger partial charge < -0.3 is 9.47 Å². The Hall–Kier alpha value is -0.950. The van der Waals surface area contributed by atoms with Crippen molar-refractivity contribution >= 4 is 34.2 Å². The fraction of sp³-hybridized carbons (Fsp3) is 0.652. The van der Waals surface area contributed by atoms with Gasteiger partial charge in [-0.05, 0) is 37.8 Å². The quantitative estimate of drug-likeness (QED) is 0.444. The van der Waals surface area contributed by atoms with Gasteiger partial charge in [0.05, 0.1) is 24.7 Å².